The maximum absolute atomic E-state index is 12.7. The Morgan fingerprint density at radius 1 is 1.12 bits per heavy atom. The van der Waals surface area contributed by atoms with Crippen molar-refractivity contribution in [3.63, 3.8) is 0 Å². The first kappa shape index (κ1) is 19.4. The highest BCUT2D eigenvalue weighted by Gasteiger charge is 2.26. The number of esters is 2. The lowest BCUT2D eigenvalue weighted by atomic mass is 10.0. The number of carbonyl (C=O) groups excluding carboxylic acids is 2. The number of carbonyl (C=O) groups is 2. The smallest absolute Gasteiger partial charge is 0.337 e. The highest BCUT2D eigenvalue weighted by Crippen LogP contribution is 2.19. The molecule has 25 heavy (non-hydrogen) atoms. The average Bonchev–Trinajstić information content (AvgIpc) is 2.59. The van der Waals surface area contributed by atoms with Gasteiger partial charge in [0.05, 0.1) is 30.2 Å². The number of nitrogens with one attached hydrogen (secondary N) is 2. The number of ether oxygens (including phenoxy) is 2. The van der Waals surface area contributed by atoms with Gasteiger partial charge in [-0.2, -0.15) is 0 Å². The van der Waals surface area contributed by atoms with Gasteiger partial charge in [-0.3, -0.25) is 0 Å². The van der Waals surface area contributed by atoms with Crippen LogP contribution in [0.1, 0.15) is 40.5 Å². The average molecular weight is 370 g/mol. The van der Waals surface area contributed by atoms with E-state index in [4.69, 9.17) is 0 Å². The zero-order valence-electron chi connectivity index (χ0n) is 14.4. The van der Waals surface area contributed by atoms with Crippen molar-refractivity contribution in [2.75, 3.05) is 20.8 Å². The number of hydrogen-bond acceptors (Lipinski definition) is 7. The van der Waals surface area contributed by atoms with Gasteiger partial charge in [-0.1, -0.05) is 0 Å². The van der Waals surface area contributed by atoms with Crippen molar-refractivity contribution >= 4 is 22.0 Å². The lowest BCUT2D eigenvalue weighted by Crippen LogP contribution is -2.46. The number of hydrogen-bond donors (Lipinski definition) is 2. The molecule has 1 aliphatic rings. The minimum absolute atomic E-state index is 0.0375. The monoisotopic (exact) mass is 370 g/mol. The second kappa shape index (κ2) is 7.94. The van der Waals surface area contributed by atoms with Crippen molar-refractivity contribution in [2.45, 2.75) is 36.7 Å². The largest absolute Gasteiger partial charge is 0.465 e. The van der Waals surface area contributed by atoms with E-state index in [9.17, 15) is 18.0 Å². The van der Waals surface area contributed by atoms with E-state index in [0.717, 1.165) is 0 Å². The molecule has 2 atom stereocenters. The van der Waals surface area contributed by atoms with E-state index in [1.54, 1.807) is 0 Å². The summed E-state index contributed by atoms with van der Waals surface area (Å²) in [4.78, 5) is 23.4. The van der Waals surface area contributed by atoms with Gasteiger partial charge in [-0.15, -0.1) is 0 Å². The fourth-order valence-electron chi connectivity index (χ4n) is 2.75. The predicted molar refractivity (Wildman–Crippen MR) is 89.9 cm³/mol. The van der Waals surface area contributed by atoms with Crippen molar-refractivity contribution in [1.29, 1.82) is 0 Å². The van der Waals surface area contributed by atoms with Gasteiger partial charge in [0.2, 0.25) is 10.0 Å². The van der Waals surface area contributed by atoms with Crippen molar-refractivity contribution in [3.05, 3.63) is 29.3 Å². The van der Waals surface area contributed by atoms with Gasteiger partial charge in [0.15, 0.2) is 0 Å². The summed E-state index contributed by atoms with van der Waals surface area (Å²) in [5.74, 6) is -1.48. The molecule has 2 rings (SSSR count). The Bertz CT molecular complexity index is 728. The molecular weight excluding hydrogens is 348 g/mol. The van der Waals surface area contributed by atoms with Gasteiger partial charge in [0.1, 0.15) is 0 Å². The summed E-state index contributed by atoms with van der Waals surface area (Å²) in [7, 11) is -1.55. The highest BCUT2D eigenvalue weighted by molar-refractivity contribution is 7.89. The Kier molecular flexibility index (Phi) is 6.15. The molecule has 0 bridgehead atoms. The molecule has 2 unspecified atom stereocenters. The molecule has 1 heterocycles. The third kappa shape index (κ3) is 4.77. The Hall–Kier alpha value is -1.97. The standard InChI is InChI=1S/C16H22N2O6S/c1-10-6-13(4-5-17-10)18-25(21,22)14-8-11(15(19)23-2)7-12(9-14)16(20)24-3/h7-10,13,17-18H,4-6H2,1-3H3. The van der Waals surface area contributed by atoms with Crippen LogP contribution < -0.4 is 10.0 Å². The van der Waals surface area contributed by atoms with Gasteiger partial charge in [-0.05, 0) is 44.5 Å². The molecule has 1 saturated heterocycles. The molecule has 138 valence electrons. The van der Waals surface area contributed by atoms with Crippen LogP contribution in [-0.4, -0.2) is 53.2 Å². The molecule has 9 heteroatoms. The van der Waals surface area contributed by atoms with E-state index in [1.807, 2.05) is 6.92 Å². The van der Waals surface area contributed by atoms with Crippen LogP contribution in [0.5, 0.6) is 0 Å². The molecule has 0 saturated carbocycles. The Morgan fingerprint density at radius 3 is 2.16 bits per heavy atom. The third-order valence-electron chi connectivity index (χ3n) is 4.00. The molecule has 0 aliphatic carbocycles. The molecule has 0 amide bonds. The first-order valence-electron chi connectivity index (χ1n) is 7.84. The third-order valence-corrected chi connectivity index (χ3v) is 5.50. The van der Waals surface area contributed by atoms with E-state index in [0.29, 0.717) is 19.4 Å². The first-order chi connectivity index (χ1) is 11.8. The van der Waals surface area contributed by atoms with Crippen molar-refractivity contribution in [1.82, 2.24) is 10.0 Å². The van der Waals surface area contributed by atoms with Crippen molar-refractivity contribution in [3.8, 4) is 0 Å². The lowest BCUT2D eigenvalue weighted by Gasteiger charge is -2.28. The van der Waals surface area contributed by atoms with E-state index in [-0.39, 0.29) is 28.1 Å². The maximum Gasteiger partial charge on any atom is 0.337 e. The van der Waals surface area contributed by atoms with Crippen LogP contribution in [0.25, 0.3) is 0 Å². The normalized spacial score (nSPS) is 20.8. The van der Waals surface area contributed by atoms with Crippen LogP contribution in [0.15, 0.2) is 23.1 Å². The summed E-state index contributed by atoms with van der Waals surface area (Å²) in [5, 5.41) is 3.24. The molecule has 1 aromatic rings. The SMILES string of the molecule is COC(=O)c1cc(C(=O)OC)cc(S(=O)(=O)NC2CCNC(C)C2)c1. The Balaban J connectivity index is 2.37. The van der Waals surface area contributed by atoms with Crippen LogP contribution in [0.3, 0.4) is 0 Å². The van der Waals surface area contributed by atoms with E-state index in [1.165, 1.54) is 32.4 Å². The number of piperidine rings is 1. The van der Waals surface area contributed by atoms with Gasteiger partial charge in [0, 0.05) is 12.1 Å². The second-order valence-electron chi connectivity index (χ2n) is 5.93. The summed E-state index contributed by atoms with van der Waals surface area (Å²) < 4.78 is 37.3. The minimum Gasteiger partial charge on any atom is -0.465 e. The first-order valence-corrected chi connectivity index (χ1v) is 9.32. The van der Waals surface area contributed by atoms with Gasteiger partial charge in [0.25, 0.3) is 0 Å². The number of methoxy groups -OCH3 is 2. The molecule has 1 fully saturated rings. The van der Waals surface area contributed by atoms with Crippen LogP contribution in [0, 0.1) is 0 Å². The Labute approximate surface area is 146 Å². The molecule has 0 spiro atoms. The maximum atomic E-state index is 12.7. The molecule has 0 aromatic heterocycles. The summed E-state index contributed by atoms with van der Waals surface area (Å²) in [6, 6.07) is 3.59. The van der Waals surface area contributed by atoms with Gasteiger partial charge in [-0.25, -0.2) is 22.7 Å². The fourth-order valence-corrected chi connectivity index (χ4v) is 4.11. The summed E-state index contributed by atoms with van der Waals surface area (Å²) in [5.41, 5.74) is -0.0751. The van der Waals surface area contributed by atoms with Crippen LogP contribution in [0.2, 0.25) is 0 Å². The molecule has 8 nitrogen and oxygen atoms in total. The van der Waals surface area contributed by atoms with Crippen LogP contribution in [-0.2, 0) is 19.5 Å². The molecular formula is C16H22N2O6S. The van der Waals surface area contributed by atoms with E-state index >= 15 is 0 Å². The zero-order chi connectivity index (χ0) is 18.6. The molecule has 2 N–H and O–H groups in total. The highest BCUT2D eigenvalue weighted by atomic mass is 32.2. The number of sulfonamides is 1. The van der Waals surface area contributed by atoms with E-state index in [2.05, 4.69) is 19.5 Å². The summed E-state index contributed by atoms with van der Waals surface area (Å²) in [6.45, 7) is 2.69. The fraction of sp³-hybridized carbons (Fsp3) is 0.500. The minimum atomic E-state index is -3.91. The van der Waals surface area contributed by atoms with Gasteiger partial charge < -0.3 is 14.8 Å². The topological polar surface area (TPSA) is 111 Å². The van der Waals surface area contributed by atoms with Crippen LogP contribution in [0.4, 0.5) is 0 Å². The quantitative estimate of drug-likeness (QED) is 0.733. The van der Waals surface area contributed by atoms with Gasteiger partial charge >= 0.3 is 11.9 Å². The predicted octanol–water partition coefficient (Wildman–Crippen LogP) is 0.679. The number of benzene rings is 1. The summed E-state index contributed by atoms with van der Waals surface area (Å²) in [6.07, 6.45) is 1.31. The summed E-state index contributed by atoms with van der Waals surface area (Å²) >= 11 is 0. The Morgan fingerprint density at radius 2 is 1.68 bits per heavy atom. The van der Waals surface area contributed by atoms with Crippen molar-refractivity contribution < 1.29 is 27.5 Å². The van der Waals surface area contributed by atoms with Crippen LogP contribution >= 0.6 is 0 Å². The molecule has 1 aliphatic heterocycles. The second-order valence-corrected chi connectivity index (χ2v) is 7.64. The molecule has 1 aromatic carbocycles. The van der Waals surface area contributed by atoms with Crippen molar-refractivity contribution in [2.24, 2.45) is 0 Å². The van der Waals surface area contributed by atoms with E-state index < -0.39 is 22.0 Å². The lowest BCUT2D eigenvalue weighted by molar-refractivity contribution is 0.0598. The zero-order valence-corrected chi connectivity index (χ0v) is 15.2. The number of rotatable bonds is 5. The molecule has 0 radical (unpaired) electrons.